The fourth-order valence-electron chi connectivity index (χ4n) is 3.17. The quantitative estimate of drug-likeness (QED) is 0.817. The van der Waals surface area contributed by atoms with Crippen molar-refractivity contribution in [2.75, 3.05) is 0 Å². The maximum Gasteiger partial charge on any atom is 0.229 e. The van der Waals surface area contributed by atoms with E-state index < -0.39 is 0 Å². The summed E-state index contributed by atoms with van der Waals surface area (Å²) in [5, 5.41) is 0. The molecule has 106 valence electrons. The molecule has 1 amide bonds. The molecule has 0 atom stereocenters. The Hall–Kier alpha value is -2.09. The van der Waals surface area contributed by atoms with E-state index in [1.807, 2.05) is 41.3 Å². The first kappa shape index (κ1) is 12.6. The lowest BCUT2D eigenvalue weighted by molar-refractivity contribution is -0.136. The van der Waals surface area contributed by atoms with E-state index in [4.69, 9.17) is 0 Å². The monoisotopic (exact) mass is 277 g/mol. The van der Waals surface area contributed by atoms with Crippen LogP contribution in [0.25, 0.3) is 0 Å². The molecule has 2 fully saturated rings. The summed E-state index contributed by atoms with van der Waals surface area (Å²) in [6, 6.07) is 20.6. The van der Waals surface area contributed by atoms with Gasteiger partial charge in [0.1, 0.15) is 0 Å². The van der Waals surface area contributed by atoms with E-state index in [-0.39, 0.29) is 5.41 Å². The van der Waals surface area contributed by atoms with Gasteiger partial charge in [-0.15, -0.1) is 0 Å². The zero-order chi connectivity index (χ0) is 14.3. The first-order chi connectivity index (χ1) is 10.3. The molecular formula is C19H19NO. The minimum absolute atomic E-state index is 0.0452. The summed E-state index contributed by atoms with van der Waals surface area (Å²) in [7, 11) is 0. The van der Waals surface area contributed by atoms with Gasteiger partial charge in [-0.05, 0) is 29.9 Å². The molecule has 0 aromatic heterocycles. The summed E-state index contributed by atoms with van der Waals surface area (Å²) < 4.78 is 0. The Labute approximate surface area is 125 Å². The van der Waals surface area contributed by atoms with Crippen molar-refractivity contribution in [3.63, 3.8) is 0 Å². The average molecular weight is 277 g/mol. The van der Waals surface area contributed by atoms with Gasteiger partial charge in [-0.3, -0.25) is 4.79 Å². The molecule has 0 bridgehead atoms. The van der Waals surface area contributed by atoms with E-state index in [0.717, 1.165) is 12.8 Å². The van der Waals surface area contributed by atoms with Crippen LogP contribution in [0.1, 0.15) is 24.0 Å². The molecule has 2 aromatic rings. The van der Waals surface area contributed by atoms with Crippen LogP contribution in [-0.2, 0) is 17.9 Å². The number of hydrogen-bond acceptors (Lipinski definition) is 1. The second kappa shape index (κ2) is 4.73. The molecule has 0 unspecified atom stereocenters. The third-order valence-corrected chi connectivity index (χ3v) is 4.83. The van der Waals surface area contributed by atoms with Gasteiger partial charge in [0, 0.05) is 13.1 Å². The fourth-order valence-corrected chi connectivity index (χ4v) is 3.17. The Bertz CT molecular complexity index is 602. The summed E-state index contributed by atoms with van der Waals surface area (Å²) in [5.74, 6) is 1.05. The molecule has 2 aliphatic rings. The molecule has 2 aliphatic carbocycles. The third-order valence-electron chi connectivity index (χ3n) is 4.83. The van der Waals surface area contributed by atoms with Gasteiger partial charge in [-0.1, -0.05) is 60.7 Å². The van der Waals surface area contributed by atoms with Crippen molar-refractivity contribution < 1.29 is 4.79 Å². The highest BCUT2D eigenvalue weighted by Gasteiger charge is 2.75. The summed E-state index contributed by atoms with van der Waals surface area (Å²) in [6.07, 6.45) is 2.23. The predicted molar refractivity (Wildman–Crippen MR) is 82.3 cm³/mol. The SMILES string of the molecule is O=C(N(Cc1ccccc1)Cc1ccccc1)C12CC1C2. The maximum atomic E-state index is 12.8. The number of carbonyl (C=O) groups is 1. The molecule has 2 aromatic carbocycles. The Morgan fingerprint density at radius 3 is 1.71 bits per heavy atom. The number of amides is 1. The molecule has 0 aliphatic heterocycles. The van der Waals surface area contributed by atoms with E-state index in [2.05, 4.69) is 24.3 Å². The van der Waals surface area contributed by atoms with Crippen molar-refractivity contribution in [1.82, 2.24) is 4.90 Å². The minimum atomic E-state index is 0.0452. The van der Waals surface area contributed by atoms with Crippen LogP contribution in [0.15, 0.2) is 60.7 Å². The molecule has 0 spiro atoms. The van der Waals surface area contributed by atoms with Crippen molar-refractivity contribution in [2.24, 2.45) is 11.3 Å². The maximum absolute atomic E-state index is 12.8. The lowest BCUT2D eigenvalue weighted by atomic mass is 10.1. The number of rotatable bonds is 5. The zero-order valence-corrected chi connectivity index (χ0v) is 12.0. The Balaban J connectivity index is 1.55. The number of benzene rings is 2. The van der Waals surface area contributed by atoms with E-state index in [0.29, 0.717) is 24.9 Å². The predicted octanol–water partition coefficient (Wildman–Crippen LogP) is 3.63. The van der Waals surface area contributed by atoms with Crippen molar-refractivity contribution in [3.8, 4) is 0 Å². The van der Waals surface area contributed by atoms with Gasteiger partial charge >= 0.3 is 0 Å². The fraction of sp³-hybridized carbons (Fsp3) is 0.316. The third kappa shape index (κ3) is 2.35. The highest BCUT2D eigenvalue weighted by molar-refractivity contribution is 5.90. The van der Waals surface area contributed by atoms with E-state index in [1.165, 1.54) is 11.1 Å². The van der Waals surface area contributed by atoms with Gasteiger partial charge in [-0.25, -0.2) is 0 Å². The molecule has 2 saturated carbocycles. The summed E-state index contributed by atoms with van der Waals surface area (Å²) in [6.45, 7) is 1.42. The second-order valence-electron chi connectivity index (χ2n) is 6.39. The van der Waals surface area contributed by atoms with E-state index >= 15 is 0 Å². The van der Waals surface area contributed by atoms with Crippen LogP contribution in [0.4, 0.5) is 0 Å². The number of hydrogen-bond donors (Lipinski definition) is 0. The van der Waals surface area contributed by atoms with Gasteiger partial charge in [0.2, 0.25) is 5.91 Å². The van der Waals surface area contributed by atoms with Crippen LogP contribution in [0.5, 0.6) is 0 Å². The lowest BCUT2D eigenvalue weighted by Gasteiger charge is -2.24. The molecule has 0 N–H and O–H groups in total. The van der Waals surface area contributed by atoms with Crippen LogP contribution in [0, 0.1) is 11.3 Å². The summed E-state index contributed by atoms with van der Waals surface area (Å²) >= 11 is 0. The normalized spacial score (nSPS) is 25.0. The number of carbonyl (C=O) groups excluding carboxylic acids is 1. The lowest BCUT2D eigenvalue weighted by Crippen LogP contribution is -2.33. The molecule has 2 heteroatoms. The van der Waals surface area contributed by atoms with Crippen molar-refractivity contribution >= 4 is 5.91 Å². The minimum Gasteiger partial charge on any atom is -0.334 e. The highest BCUT2D eigenvalue weighted by Crippen LogP contribution is 2.76. The van der Waals surface area contributed by atoms with Gasteiger partial charge in [0.15, 0.2) is 0 Å². The number of fused-ring (bicyclic) bond motifs is 1. The topological polar surface area (TPSA) is 20.3 Å². The largest absolute Gasteiger partial charge is 0.334 e. The van der Waals surface area contributed by atoms with Crippen LogP contribution >= 0.6 is 0 Å². The van der Waals surface area contributed by atoms with Gasteiger partial charge < -0.3 is 4.90 Å². The Morgan fingerprint density at radius 2 is 1.33 bits per heavy atom. The van der Waals surface area contributed by atoms with Crippen LogP contribution in [0.3, 0.4) is 0 Å². The number of nitrogens with zero attached hydrogens (tertiary/aromatic N) is 1. The summed E-state index contributed by atoms with van der Waals surface area (Å²) in [4.78, 5) is 14.8. The van der Waals surface area contributed by atoms with Crippen LogP contribution in [0.2, 0.25) is 0 Å². The van der Waals surface area contributed by atoms with Crippen molar-refractivity contribution in [2.45, 2.75) is 25.9 Å². The smallest absolute Gasteiger partial charge is 0.229 e. The molecule has 21 heavy (non-hydrogen) atoms. The molecule has 0 heterocycles. The van der Waals surface area contributed by atoms with Crippen LogP contribution < -0.4 is 0 Å². The zero-order valence-electron chi connectivity index (χ0n) is 12.0. The highest BCUT2D eigenvalue weighted by atomic mass is 16.2. The van der Waals surface area contributed by atoms with Gasteiger partial charge in [0.25, 0.3) is 0 Å². The van der Waals surface area contributed by atoms with Crippen molar-refractivity contribution in [3.05, 3.63) is 71.8 Å². The molecule has 0 saturated heterocycles. The average Bonchev–Trinajstić information content (AvgIpc) is 3.38. The Kier molecular flexibility index (Phi) is 2.85. The molecule has 0 radical (unpaired) electrons. The van der Waals surface area contributed by atoms with E-state index in [1.54, 1.807) is 0 Å². The molecule has 4 rings (SSSR count). The second-order valence-corrected chi connectivity index (χ2v) is 6.39. The van der Waals surface area contributed by atoms with Gasteiger partial charge in [0.05, 0.1) is 5.41 Å². The van der Waals surface area contributed by atoms with E-state index in [9.17, 15) is 4.79 Å². The van der Waals surface area contributed by atoms with Gasteiger partial charge in [-0.2, -0.15) is 0 Å². The first-order valence-corrected chi connectivity index (χ1v) is 7.65. The standard InChI is InChI=1S/C19H19NO/c21-18(19-11-17(19)12-19)20(13-15-7-3-1-4-8-15)14-16-9-5-2-6-10-16/h1-10,17H,11-14H2. The summed E-state index contributed by atoms with van der Waals surface area (Å²) in [5.41, 5.74) is 2.45. The molecule has 2 nitrogen and oxygen atoms in total. The Morgan fingerprint density at radius 1 is 0.905 bits per heavy atom. The first-order valence-electron chi connectivity index (χ1n) is 7.65. The molecular weight excluding hydrogens is 258 g/mol. The van der Waals surface area contributed by atoms with Crippen molar-refractivity contribution in [1.29, 1.82) is 0 Å². The van der Waals surface area contributed by atoms with Crippen LogP contribution in [-0.4, -0.2) is 10.8 Å².